The Kier molecular flexibility index (Phi) is 3.20. The van der Waals surface area contributed by atoms with Gasteiger partial charge in [0.05, 0.1) is 10.7 Å². The number of aromatic nitrogens is 1. The van der Waals surface area contributed by atoms with Crippen LogP contribution in [0.25, 0.3) is 0 Å². The summed E-state index contributed by atoms with van der Waals surface area (Å²) in [6.07, 6.45) is 0.892. The molecule has 1 heterocycles. The molecule has 0 radical (unpaired) electrons. The van der Waals surface area contributed by atoms with Crippen molar-refractivity contribution in [2.24, 2.45) is 0 Å². The topological polar surface area (TPSA) is 12.9 Å². The molecule has 1 nitrogen and oxygen atoms in total. The Hall–Kier alpha value is -0.440. The van der Waals surface area contributed by atoms with Crippen LogP contribution >= 0.6 is 11.3 Å². The summed E-state index contributed by atoms with van der Waals surface area (Å²) in [4.78, 5) is 5.34. The molecule has 0 saturated heterocycles. The molecular formula is C9H14FNS. The number of nitrogens with zero attached hydrogens (tertiary/aromatic N) is 1. The zero-order valence-corrected chi connectivity index (χ0v) is 8.54. The number of hydrogen-bond donors (Lipinski definition) is 0. The fourth-order valence-electron chi connectivity index (χ4n) is 1.03. The minimum atomic E-state index is -0.424. The third kappa shape index (κ3) is 1.83. The van der Waals surface area contributed by atoms with Crippen LogP contribution in [0.15, 0.2) is 0 Å². The molecule has 1 aromatic rings. The molecule has 0 aliphatic rings. The predicted octanol–water partition coefficient (Wildman–Crippen LogP) is 3.30. The van der Waals surface area contributed by atoms with Gasteiger partial charge in [0.15, 0.2) is 0 Å². The Morgan fingerprint density at radius 1 is 1.50 bits per heavy atom. The molecule has 0 unspecified atom stereocenters. The van der Waals surface area contributed by atoms with E-state index < -0.39 is 6.67 Å². The van der Waals surface area contributed by atoms with Crippen LogP contribution in [0, 0.1) is 0 Å². The third-order valence-corrected chi connectivity index (χ3v) is 3.28. The Balaban J connectivity index is 2.97. The highest BCUT2D eigenvalue weighted by Gasteiger charge is 2.11. The maximum Gasteiger partial charge on any atom is 0.133 e. The number of aryl methyl sites for hydroxylation is 1. The molecule has 0 aliphatic carbocycles. The van der Waals surface area contributed by atoms with Crippen molar-refractivity contribution >= 4 is 11.3 Å². The molecule has 0 fully saturated rings. The zero-order valence-electron chi connectivity index (χ0n) is 7.72. The van der Waals surface area contributed by atoms with Crippen molar-refractivity contribution < 1.29 is 4.39 Å². The first kappa shape index (κ1) is 9.65. The van der Waals surface area contributed by atoms with Crippen LogP contribution in [-0.4, -0.2) is 4.98 Å². The molecule has 1 rings (SSSR count). The summed E-state index contributed by atoms with van der Waals surface area (Å²) >= 11 is 1.64. The monoisotopic (exact) mass is 187 g/mol. The van der Waals surface area contributed by atoms with E-state index >= 15 is 0 Å². The molecule has 1 aromatic heterocycles. The molecular weight excluding hydrogens is 173 g/mol. The molecule has 0 saturated carbocycles. The van der Waals surface area contributed by atoms with Crippen molar-refractivity contribution in [2.45, 2.75) is 39.8 Å². The van der Waals surface area contributed by atoms with Gasteiger partial charge in [0, 0.05) is 10.8 Å². The third-order valence-electron chi connectivity index (χ3n) is 1.74. The second-order valence-electron chi connectivity index (χ2n) is 3.06. The highest BCUT2D eigenvalue weighted by molar-refractivity contribution is 7.11. The highest BCUT2D eigenvalue weighted by atomic mass is 32.1. The minimum absolute atomic E-state index is 0.417. The molecule has 0 bridgehead atoms. The fourth-order valence-corrected chi connectivity index (χ4v) is 2.04. The van der Waals surface area contributed by atoms with Crippen LogP contribution in [0.4, 0.5) is 4.39 Å². The Morgan fingerprint density at radius 3 is 2.50 bits per heavy atom. The van der Waals surface area contributed by atoms with E-state index in [0.717, 1.165) is 16.3 Å². The first-order valence-electron chi connectivity index (χ1n) is 4.23. The smallest absolute Gasteiger partial charge is 0.133 e. The van der Waals surface area contributed by atoms with E-state index in [1.54, 1.807) is 11.3 Å². The van der Waals surface area contributed by atoms with E-state index in [1.165, 1.54) is 0 Å². The lowest BCUT2D eigenvalue weighted by atomic mass is 10.2. The summed E-state index contributed by atoms with van der Waals surface area (Å²) in [5, 5.41) is 1.06. The molecule has 0 amide bonds. The summed E-state index contributed by atoms with van der Waals surface area (Å²) in [5.41, 5.74) is 0.645. The van der Waals surface area contributed by atoms with Crippen LogP contribution < -0.4 is 0 Å². The van der Waals surface area contributed by atoms with E-state index in [1.807, 2.05) is 6.92 Å². The van der Waals surface area contributed by atoms with E-state index in [2.05, 4.69) is 18.8 Å². The number of rotatable bonds is 3. The van der Waals surface area contributed by atoms with E-state index in [9.17, 15) is 4.39 Å². The SMILES string of the molecule is CCc1sc(C(C)C)nc1CF. The molecule has 0 atom stereocenters. The van der Waals surface area contributed by atoms with Gasteiger partial charge in [-0.25, -0.2) is 9.37 Å². The second-order valence-corrected chi connectivity index (χ2v) is 4.18. The van der Waals surface area contributed by atoms with Crippen molar-refractivity contribution in [3.05, 3.63) is 15.6 Å². The van der Waals surface area contributed by atoms with Crippen molar-refractivity contribution in [2.75, 3.05) is 0 Å². The summed E-state index contributed by atoms with van der Waals surface area (Å²) in [7, 11) is 0. The fraction of sp³-hybridized carbons (Fsp3) is 0.667. The van der Waals surface area contributed by atoms with E-state index in [-0.39, 0.29) is 0 Å². The number of thiazole rings is 1. The maximum absolute atomic E-state index is 12.4. The summed E-state index contributed by atoms with van der Waals surface area (Å²) in [5.74, 6) is 0.417. The largest absolute Gasteiger partial charge is 0.244 e. The van der Waals surface area contributed by atoms with Gasteiger partial charge < -0.3 is 0 Å². The highest BCUT2D eigenvalue weighted by Crippen LogP contribution is 2.25. The van der Waals surface area contributed by atoms with Crippen molar-refractivity contribution in [3.8, 4) is 0 Å². The minimum Gasteiger partial charge on any atom is -0.244 e. The van der Waals surface area contributed by atoms with Crippen LogP contribution in [0.2, 0.25) is 0 Å². The van der Waals surface area contributed by atoms with Crippen molar-refractivity contribution in [1.82, 2.24) is 4.98 Å². The summed E-state index contributed by atoms with van der Waals surface area (Å²) < 4.78 is 12.4. The lowest BCUT2D eigenvalue weighted by Crippen LogP contribution is -1.87. The van der Waals surface area contributed by atoms with Gasteiger partial charge in [-0.05, 0) is 6.42 Å². The van der Waals surface area contributed by atoms with E-state index in [0.29, 0.717) is 11.6 Å². The first-order chi connectivity index (χ1) is 5.69. The summed E-state index contributed by atoms with van der Waals surface area (Å²) in [6, 6.07) is 0. The zero-order chi connectivity index (χ0) is 9.14. The molecule has 3 heteroatoms. The molecule has 68 valence electrons. The predicted molar refractivity (Wildman–Crippen MR) is 50.4 cm³/mol. The average molecular weight is 187 g/mol. The van der Waals surface area contributed by atoms with Gasteiger partial charge in [-0.3, -0.25) is 0 Å². The Labute approximate surface area is 76.6 Å². The van der Waals surface area contributed by atoms with Gasteiger partial charge in [0.25, 0.3) is 0 Å². The van der Waals surface area contributed by atoms with Gasteiger partial charge >= 0.3 is 0 Å². The van der Waals surface area contributed by atoms with E-state index in [4.69, 9.17) is 0 Å². The lowest BCUT2D eigenvalue weighted by molar-refractivity contribution is 0.474. The van der Waals surface area contributed by atoms with Crippen LogP contribution in [0.5, 0.6) is 0 Å². The standard InChI is InChI=1S/C9H14FNS/c1-4-8-7(5-10)11-9(12-8)6(2)3/h6H,4-5H2,1-3H3. The second kappa shape index (κ2) is 3.99. The Bertz CT molecular complexity index is 234. The number of hydrogen-bond acceptors (Lipinski definition) is 2. The maximum atomic E-state index is 12.4. The van der Waals surface area contributed by atoms with Crippen LogP contribution in [-0.2, 0) is 13.1 Å². The molecule has 0 spiro atoms. The van der Waals surface area contributed by atoms with Crippen molar-refractivity contribution in [1.29, 1.82) is 0 Å². The van der Waals surface area contributed by atoms with Crippen molar-refractivity contribution in [3.63, 3.8) is 0 Å². The van der Waals surface area contributed by atoms with Gasteiger partial charge in [0.2, 0.25) is 0 Å². The molecule has 0 aromatic carbocycles. The van der Waals surface area contributed by atoms with Gasteiger partial charge in [0.1, 0.15) is 6.67 Å². The van der Waals surface area contributed by atoms with Gasteiger partial charge in [-0.15, -0.1) is 11.3 Å². The Morgan fingerprint density at radius 2 is 2.17 bits per heavy atom. The molecule has 0 aliphatic heterocycles. The normalized spacial score (nSPS) is 11.1. The molecule has 12 heavy (non-hydrogen) atoms. The molecule has 0 N–H and O–H groups in total. The number of halogens is 1. The van der Waals surface area contributed by atoms with Crippen LogP contribution in [0.1, 0.15) is 42.3 Å². The quantitative estimate of drug-likeness (QED) is 0.707. The average Bonchev–Trinajstić information content (AvgIpc) is 2.46. The van der Waals surface area contributed by atoms with Gasteiger partial charge in [-0.1, -0.05) is 20.8 Å². The van der Waals surface area contributed by atoms with Crippen LogP contribution in [0.3, 0.4) is 0 Å². The number of alkyl halides is 1. The lowest BCUT2D eigenvalue weighted by Gasteiger charge is -1.94. The summed E-state index contributed by atoms with van der Waals surface area (Å²) in [6.45, 7) is 5.78. The first-order valence-corrected chi connectivity index (χ1v) is 5.05. The van der Waals surface area contributed by atoms with Gasteiger partial charge in [-0.2, -0.15) is 0 Å².